The van der Waals surface area contributed by atoms with E-state index in [-0.39, 0.29) is 6.04 Å². The molecule has 20 heavy (non-hydrogen) atoms. The van der Waals surface area contributed by atoms with E-state index in [4.69, 9.17) is 22.1 Å². The van der Waals surface area contributed by atoms with Gasteiger partial charge in [-0.15, -0.1) is 0 Å². The molecule has 0 bridgehead atoms. The van der Waals surface area contributed by atoms with Crippen molar-refractivity contribution in [2.45, 2.75) is 12.6 Å². The lowest BCUT2D eigenvalue weighted by Gasteiger charge is -2.19. The molecular weight excluding hydrogens is 272 g/mol. The number of nitrogens with two attached hydrogens (primary N) is 1. The van der Waals surface area contributed by atoms with E-state index in [9.17, 15) is 0 Å². The fourth-order valence-corrected chi connectivity index (χ4v) is 2.26. The fraction of sp³-hybridized carbons (Fsp3) is 0.250. The third-order valence-corrected chi connectivity index (χ3v) is 3.33. The summed E-state index contributed by atoms with van der Waals surface area (Å²) in [4.78, 5) is 0. The van der Waals surface area contributed by atoms with Crippen molar-refractivity contribution < 1.29 is 4.74 Å². The fourth-order valence-electron chi connectivity index (χ4n) is 2.07. The van der Waals surface area contributed by atoms with Gasteiger partial charge in [0, 0.05) is 24.4 Å². The molecule has 4 heteroatoms. The van der Waals surface area contributed by atoms with Gasteiger partial charge >= 0.3 is 0 Å². The molecule has 1 atom stereocenters. The Morgan fingerprint density at radius 2 is 1.95 bits per heavy atom. The van der Waals surface area contributed by atoms with Crippen molar-refractivity contribution in [1.29, 1.82) is 0 Å². The number of ether oxygens (including phenoxy) is 1. The molecule has 0 aromatic heterocycles. The number of methoxy groups -OCH3 is 1. The SMILES string of the molecule is COCc1ccc(C(CN)Nc2cccc(Cl)c2)cc1. The van der Waals surface area contributed by atoms with Gasteiger partial charge in [-0.1, -0.05) is 41.9 Å². The predicted molar refractivity (Wildman–Crippen MR) is 84.0 cm³/mol. The van der Waals surface area contributed by atoms with E-state index in [0.717, 1.165) is 16.8 Å². The van der Waals surface area contributed by atoms with Crippen LogP contribution in [0.3, 0.4) is 0 Å². The Hall–Kier alpha value is -1.55. The molecule has 1 unspecified atom stereocenters. The Morgan fingerprint density at radius 1 is 1.20 bits per heavy atom. The smallest absolute Gasteiger partial charge is 0.0713 e. The van der Waals surface area contributed by atoms with Crippen LogP contribution in [-0.4, -0.2) is 13.7 Å². The lowest BCUT2D eigenvalue weighted by atomic mass is 10.0. The summed E-state index contributed by atoms with van der Waals surface area (Å²) in [5.41, 5.74) is 9.13. The van der Waals surface area contributed by atoms with Crippen molar-refractivity contribution in [1.82, 2.24) is 0 Å². The van der Waals surface area contributed by atoms with Gasteiger partial charge in [-0.3, -0.25) is 0 Å². The Kier molecular flexibility index (Phi) is 5.41. The van der Waals surface area contributed by atoms with Crippen LogP contribution >= 0.6 is 11.6 Å². The molecule has 0 fully saturated rings. The number of rotatable bonds is 6. The highest BCUT2D eigenvalue weighted by molar-refractivity contribution is 6.30. The van der Waals surface area contributed by atoms with Gasteiger partial charge in [-0.25, -0.2) is 0 Å². The van der Waals surface area contributed by atoms with Crippen LogP contribution in [0.4, 0.5) is 5.69 Å². The van der Waals surface area contributed by atoms with Crippen LogP contribution < -0.4 is 11.1 Å². The second-order valence-corrected chi connectivity index (χ2v) is 5.05. The minimum Gasteiger partial charge on any atom is -0.380 e. The number of benzene rings is 2. The predicted octanol–water partition coefficient (Wildman–Crippen LogP) is 3.60. The Bertz CT molecular complexity index is 542. The lowest BCUT2D eigenvalue weighted by molar-refractivity contribution is 0.185. The van der Waals surface area contributed by atoms with Gasteiger partial charge < -0.3 is 15.8 Å². The standard InChI is InChI=1S/C16H19ClN2O/c1-20-11-12-5-7-13(8-6-12)16(10-18)19-15-4-2-3-14(17)9-15/h2-9,16,19H,10-11,18H2,1H3. The molecule has 3 nitrogen and oxygen atoms in total. The molecule has 0 heterocycles. The second-order valence-electron chi connectivity index (χ2n) is 4.62. The van der Waals surface area contributed by atoms with Crippen molar-refractivity contribution in [2.24, 2.45) is 5.73 Å². The van der Waals surface area contributed by atoms with Crippen LogP contribution in [0.1, 0.15) is 17.2 Å². The molecular formula is C16H19ClN2O. The van der Waals surface area contributed by atoms with Gasteiger partial charge in [-0.05, 0) is 29.3 Å². The number of halogens is 1. The molecule has 2 aromatic rings. The van der Waals surface area contributed by atoms with E-state index in [2.05, 4.69) is 29.6 Å². The summed E-state index contributed by atoms with van der Waals surface area (Å²) in [6.07, 6.45) is 0. The zero-order chi connectivity index (χ0) is 14.4. The third kappa shape index (κ3) is 3.97. The van der Waals surface area contributed by atoms with E-state index in [1.165, 1.54) is 0 Å². The van der Waals surface area contributed by atoms with Crippen LogP contribution in [0, 0.1) is 0 Å². The van der Waals surface area contributed by atoms with Gasteiger partial charge in [0.2, 0.25) is 0 Å². The van der Waals surface area contributed by atoms with Crippen LogP contribution in [0.15, 0.2) is 48.5 Å². The number of hydrogen-bond acceptors (Lipinski definition) is 3. The minimum absolute atomic E-state index is 0.0602. The summed E-state index contributed by atoms with van der Waals surface area (Å²) in [7, 11) is 1.69. The molecule has 3 N–H and O–H groups in total. The monoisotopic (exact) mass is 290 g/mol. The van der Waals surface area contributed by atoms with E-state index in [1.807, 2.05) is 24.3 Å². The molecule has 2 aromatic carbocycles. The number of anilines is 1. The molecule has 0 amide bonds. The van der Waals surface area contributed by atoms with Crippen LogP contribution in [0.2, 0.25) is 5.02 Å². The van der Waals surface area contributed by atoms with Crippen molar-refractivity contribution in [3.63, 3.8) is 0 Å². The number of hydrogen-bond donors (Lipinski definition) is 2. The maximum atomic E-state index is 5.99. The van der Waals surface area contributed by atoms with Gasteiger partial charge in [0.25, 0.3) is 0 Å². The first-order valence-corrected chi connectivity index (χ1v) is 6.90. The molecule has 0 aliphatic carbocycles. The van der Waals surface area contributed by atoms with Gasteiger partial charge in [0.1, 0.15) is 0 Å². The molecule has 2 rings (SSSR count). The maximum Gasteiger partial charge on any atom is 0.0713 e. The second kappa shape index (κ2) is 7.29. The Morgan fingerprint density at radius 3 is 2.55 bits per heavy atom. The van der Waals surface area contributed by atoms with E-state index in [0.29, 0.717) is 18.2 Å². The van der Waals surface area contributed by atoms with Crippen molar-refractivity contribution in [3.05, 3.63) is 64.7 Å². The molecule has 0 aliphatic heterocycles. The van der Waals surface area contributed by atoms with Crippen molar-refractivity contribution in [3.8, 4) is 0 Å². The summed E-state index contributed by atoms with van der Waals surface area (Å²) < 4.78 is 5.11. The highest BCUT2D eigenvalue weighted by Crippen LogP contribution is 2.22. The van der Waals surface area contributed by atoms with Crippen LogP contribution in [0.5, 0.6) is 0 Å². The first-order chi connectivity index (χ1) is 9.72. The maximum absolute atomic E-state index is 5.99. The average Bonchev–Trinajstić information content (AvgIpc) is 2.46. The first-order valence-electron chi connectivity index (χ1n) is 6.53. The molecule has 106 valence electrons. The van der Waals surface area contributed by atoms with E-state index in [1.54, 1.807) is 7.11 Å². The topological polar surface area (TPSA) is 47.3 Å². The summed E-state index contributed by atoms with van der Waals surface area (Å²) in [5, 5.41) is 4.11. The van der Waals surface area contributed by atoms with Crippen LogP contribution in [0.25, 0.3) is 0 Å². The zero-order valence-corrected chi connectivity index (χ0v) is 12.2. The quantitative estimate of drug-likeness (QED) is 0.854. The largest absolute Gasteiger partial charge is 0.380 e. The normalized spacial score (nSPS) is 12.2. The van der Waals surface area contributed by atoms with Gasteiger partial charge in [-0.2, -0.15) is 0 Å². The zero-order valence-electron chi connectivity index (χ0n) is 11.5. The third-order valence-electron chi connectivity index (χ3n) is 3.09. The average molecular weight is 291 g/mol. The molecule has 0 saturated carbocycles. The summed E-state index contributed by atoms with van der Waals surface area (Å²) in [6.45, 7) is 1.13. The number of nitrogens with one attached hydrogen (secondary N) is 1. The highest BCUT2D eigenvalue weighted by atomic mass is 35.5. The minimum atomic E-state index is 0.0602. The molecule has 0 saturated heterocycles. The van der Waals surface area contributed by atoms with Gasteiger partial charge in [0.05, 0.1) is 12.6 Å². The Balaban J connectivity index is 2.11. The summed E-state index contributed by atoms with van der Waals surface area (Å²) in [6, 6.07) is 16.0. The van der Waals surface area contributed by atoms with Gasteiger partial charge in [0.15, 0.2) is 0 Å². The van der Waals surface area contributed by atoms with Crippen molar-refractivity contribution >= 4 is 17.3 Å². The summed E-state index contributed by atoms with van der Waals surface area (Å²) >= 11 is 5.99. The molecule has 0 spiro atoms. The van der Waals surface area contributed by atoms with E-state index >= 15 is 0 Å². The van der Waals surface area contributed by atoms with Crippen LogP contribution in [-0.2, 0) is 11.3 Å². The summed E-state index contributed by atoms with van der Waals surface area (Å²) in [5.74, 6) is 0. The lowest BCUT2D eigenvalue weighted by Crippen LogP contribution is -2.20. The first kappa shape index (κ1) is 14.9. The Labute approximate surface area is 124 Å². The highest BCUT2D eigenvalue weighted by Gasteiger charge is 2.09. The molecule has 0 radical (unpaired) electrons. The molecule has 0 aliphatic rings. The van der Waals surface area contributed by atoms with E-state index < -0.39 is 0 Å². The van der Waals surface area contributed by atoms with Crippen molar-refractivity contribution in [2.75, 3.05) is 19.0 Å².